The van der Waals surface area contributed by atoms with E-state index in [0.717, 1.165) is 52.4 Å². The molecule has 3 fully saturated rings. The van der Waals surface area contributed by atoms with Gasteiger partial charge in [0.15, 0.2) is 0 Å². The lowest BCUT2D eigenvalue weighted by Crippen LogP contribution is -2.49. The van der Waals surface area contributed by atoms with Gasteiger partial charge in [0.05, 0.1) is 13.2 Å². The van der Waals surface area contributed by atoms with Crippen LogP contribution < -0.4 is 5.32 Å². The number of piperazine rings is 1. The number of amides is 1. The number of nitrogens with zero attached hydrogens (tertiary/aromatic N) is 2. The van der Waals surface area contributed by atoms with Crippen molar-refractivity contribution < 1.29 is 9.53 Å². The van der Waals surface area contributed by atoms with E-state index in [1.807, 2.05) is 0 Å². The van der Waals surface area contributed by atoms with Crippen LogP contribution in [0.2, 0.25) is 0 Å². The van der Waals surface area contributed by atoms with Gasteiger partial charge in [-0.05, 0) is 19.3 Å². The highest BCUT2D eigenvalue weighted by Gasteiger charge is 2.35. The van der Waals surface area contributed by atoms with Gasteiger partial charge in [0.1, 0.15) is 0 Å². The molecule has 19 heavy (non-hydrogen) atoms. The molecule has 0 bridgehead atoms. The van der Waals surface area contributed by atoms with Gasteiger partial charge in [0, 0.05) is 51.3 Å². The SMILES string of the molecule is O=C(CN1CCNCC1)N(CC1CCOC1)C1CC1. The fourth-order valence-corrected chi connectivity index (χ4v) is 3.00. The van der Waals surface area contributed by atoms with Crippen molar-refractivity contribution in [1.82, 2.24) is 15.1 Å². The summed E-state index contributed by atoms with van der Waals surface area (Å²) in [5, 5.41) is 3.33. The molecule has 2 heterocycles. The van der Waals surface area contributed by atoms with Crippen molar-refractivity contribution in [2.45, 2.75) is 25.3 Å². The van der Waals surface area contributed by atoms with Crippen molar-refractivity contribution in [1.29, 1.82) is 0 Å². The zero-order valence-corrected chi connectivity index (χ0v) is 11.6. The Hall–Kier alpha value is -0.650. The van der Waals surface area contributed by atoms with Crippen molar-refractivity contribution in [3.8, 4) is 0 Å². The topological polar surface area (TPSA) is 44.8 Å². The Morgan fingerprint density at radius 2 is 2.05 bits per heavy atom. The third-order valence-electron chi connectivity index (χ3n) is 4.36. The first-order valence-electron chi connectivity index (χ1n) is 7.63. The van der Waals surface area contributed by atoms with Crippen LogP contribution in [0.5, 0.6) is 0 Å². The molecule has 3 aliphatic rings. The van der Waals surface area contributed by atoms with Gasteiger partial charge in [-0.15, -0.1) is 0 Å². The summed E-state index contributed by atoms with van der Waals surface area (Å²) < 4.78 is 5.43. The fourth-order valence-electron chi connectivity index (χ4n) is 3.00. The molecule has 1 N–H and O–H groups in total. The summed E-state index contributed by atoms with van der Waals surface area (Å²) in [5.41, 5.74) is 0. The first kappa shape index (κ1) is 13.3. The monoisotopic (exact) mass is 267 g/mol. The predicted octanol–water partition coefficient (Wildman–Crippen LogP) is -0.0809. The number of hydrogen-bond acceptors (Lipinski definition) is 4. The quantitative estimate of drug-likeness (QED) is 0.757. The van der Waals surface area contributed by atoms with E-state index in [-0.39, 0.29) is 0 Å². The number of hydrogen-bond donors (Lipinski definition) is 1. The van der Waals surface area contributed by atoms with Gasteiger partial charge in [0.2, 0.25) is 5.91 Å². The van der Waals surface area contributed by atoms with E-state index in [2.05, 4.69) is 15.1 Å². The van der Waals surface area contributed by atoms with Crippen LogP contribution in [0.4, 0.5) is 0 Å². The summed E-state index contributed by atoms with van der Waals surface area (Å²) in [6.07, 6.45) is 3.51. The maximum atomic E-state index is 12.5. The molecular weight excluding hydrogens is 242 g/mol. The molecule has 3 rings (SSSR count). The first-order valence-corrected chi connectivity index (χ1v) is 7.63. The highest BCUT2D eigenvalue weighted by Crippen LogP contribution is 2.29. The average Bonchev–Trinajstić information content (AvgIpc) is 3.14. The second-order valence-corrected chi connectivity index (χ2v) is 6.03. The molecule has 2 aliphatic heterocycles. The van der Waals surface area contributed by atoms with Crippen molar-refractivity contribution in [3.63, 3.8) is 0 Å². The lowest BCUT2D eigenvalue weighted by atomic mass is 10.1. The number of carbonyl (C=O) groups excluding carboxylic acids is 1. The minimum atomic E-state index is 0.330. The minimum absolute atomic E-state index is 0.330. The molecule has 0 radical (unpaired) electrons. The predicted molar refractivity (Wildman–Crippen MR) is 73.0 cm³/mol. The number of ether oxygens (including phenoxy) is 1. The maximum absolute atomic E-state index is 12.5. The van der Waals surface area contributed by atoms with Crippen molar-refractivity contribution in [3.05, 3.63) is 0 Å². The van der Waals surface area contributed by atoms with E-state index in [0.29, 0.717) is 24.4 Å². The van der Waals surface area contributed by atoms with Crippen molar-refractivity contribution >= 4 is 5.91 Å². The maximum Gasteiger partial charge on any atom is 0.237 e. The highest BCUT2D eigenvalue weighted by atomic mass is 16.5. The summed E-state index contributed by atoms with van der Waals surface area (Å²) in [6, 6.07) is 0.524. The van der Waals surface area contributed by atoms with Gasteiger partial charge in [-0.25, -0.2) is 0 Å². The Labute approximate surface area is 115 Å². The summed E-state index contributed by atoms with van der Waals surface area (Å²) in [7, 11) is 0. The molecule has 5 heteroatoms. The van der Waals surface area contributed by atoms with E-state index in [1.165, 1.54) is 12.8 Å². The molecular formula is C14H25N3O2. The van der Waals surface area contributed by atoms with E-state index < -0.39 is 0 Å². The Kier molecular flexibility index (Phi) is 4.35. The smallest absolute Gasteiger partial charge is 0.237 e. The molecule has 0 aromatic rings. The zero-order chi connectivity index (χ0) is 13.1. The molecule has 0 aromatic heterocycles. The van der Waals surface area contributed by atoms with E-state index in [1.54, 1.807) is 0 Å². The Morgan fingerprint density at radius 3 is 2.68 bits per heavy atom. The summed E-state index contributed by atoms with van der Waals surface area (Å²) in [5.74, 6) is 0.892. The van der Waals surface area contributed by atoms with Crippen molar-refractivity contribution in [2.75, 3.05) is 52.5 Å². The summed E-state index contributed by atoms with van der Waals surface area (Å²) >= 11 is 0. The van der Waals surface area contributed by atoms with Crippen LogP contribution in [-0.2, 0) is 9.53 Å². The molecule has 1 amide bonds. The largest absolute Gasteiger partial charge is 0.381 e. The second-order valence-electron chi connectivity index (χ2n) is 6.03. The zero-order valence-electron chi connectivity index (χ0n) is 11.6. The van der Waals surface area contributed by atoms with Gasteiger partial charge in [0.25, 0.3) is 0 Å². The van der Waals surface area contributed by atoms with Crippen LogP contribution in [0.25, 0.3) is 0 Å². The molecule has 0 spiro atoms. The molecule has 2 saturated heterocycles. The summed E-state index contributed by atoms with van der Waals surface area (Å²) in [6.45, 7) is 7.23. The van der Waals surface area contributed by atoms with Crippen LogP contribution in [0.3, 0.4) is 0 Å². The van der Waals surface area contributed by atoms with Gasteiger partial charge < -0.3 is 15.0 Å². The Balaban J connectivity index is 1.51. The number of carbonyl (C=O) groups is 1. The third kappa shape index (κ3) is 3.68. The first-order chi connectivity index (χ1) is 9.33. The molecule has 1 aliphatic carbocycles. The Bertz CT molecular complexity index is 308. The lowest BCUT2D eigenvalue weighted by molar-refractivity contribution is -0.133. The number of rotatable bonds is 5. The highest BCUT2D eigenvalue weighted by molar-refractivity contribution is 5.79. The van der Waals surface area contributed by atoms with Crippen LogP contribution >= 0.6 is 0 Å². The Morgan fingerprint density at radius 1 is 1.26 bits per heavy atom. The lowest BCUT2D eigenvalue weighted by Gasteiger charge is -2.31. The molecule has 1 saturated carbocycles. The number of nitrogens with one attached hydrogen (secondary N) is 1. The van der Waals surface area contributed by atoms with E-state index >= 15 is 0 Å². The van der Waals surface area contributed by atoms with Crippen LogP contribution in [-0.4, -0.2) is 74.2 Å². The van der Waals surface area contributed by atoms with Gasteiger partial charge in [-0.3, -0.25) is 9.69 Å². The molecule has 1 atom stereocenters. The summed E-state index contributed by atoms with van der Waals surface area (Å²) in [4.78, 5) is 16.9. The second kappa shape index (κ2) is 6.20. The molecule has 5 nitrogen and oxygen atoms in total. The average molecular weight is 267 g/mol. The molecule has 0 aromatic carbocycles. The molecule has 1 unspecified atom stereocenters. The minimum Gasteiger partial charge on any atom is -0.381 e. The van der Waals surface area contributed by atoms with E-state index in [9.17, 15) is 4.79 Å². The molecule has 108 valence electrons. The van der Waals surface area contributed by atoms with Gasteiger partial charge in [-0.2, -0.15) is 0 Å². The van der Waals surface area contributed by atoms with Gasteiger partial charge in [-0.1, -0.05) is 0 Å². The third-order valence-corrected chi connectivity index (χ3v) is 4.36. The van der Waals surface area contributed by atoms with Gasteiger partial charge >= 0.3 is 0 Å². The standard InChI is InChI=1S/C14H25N3O2/c18-14(10-16-6-4-15-5-7-16)17(13-1-2-13)9-12-3-8-19-11-12/h12-13,15H,1-11H2. The van der Waals surface area contributed by atoms with Crippen LogP contribution in [0.1, 0.15) is 19.3 Å². The van der Waals surface area contributed by atoms with Crippen LogP contribution in [0.15, 0.2) is 0 Å². The van der Waals surface area contributed by atoms with Crippen LogP contribution in [0, 0.1) is 5.92 Å². The fraction of sp³-hybridized carbons (Fsp3) is 0.929. The van der Waals surface area contributed by atoms with E-state index in [4.69, 9.17) is 4.74 Å². The van der Waals surface area contributed by atoms with Crippen molar-refractivity contribution in [2.24, 2.45) is 5.92 Å². The normalized spacial score (nSPS) is 28.5.